The second-order valence-electron chi connectivity index (χ2n) is 3.41. The smallest absolute Gasteiger partial charge is 0.257 e. The number of aromatic nitrogens is 1. The summed E-state index contributed by atoms with van der Waals surface area (Å²) in [5, 5.41) is 0. The summed E-state index contributed by atoms with van der Waals surface area (Å²) in [6, 6.07) is 1.67. The highest BCUT2D eigenvalue weighted by molar-refractivity contribution is 9.10. The number of halogens is 1. The van der Waals surface area contributed by atoms with E-state index in [2.05, 4.69) is 26.3 Å². The van der Waals surface area contributed by atoms with Crippen molar-refractivity contribution in [1.82, 2.24) is 9.88 Å². The number of nitrogens with two attached hydrogens (primary N) is 1. The van der Waals surface area contributed by atoms with Gasteiger partial charge < -0.3 is 15.1 Å². The van der Waals surface area contributed by atoms with Crippen molar-refractivity contribution in [2.75, 3.05) is 32.7 Å². The van der Waals surface area contributed by atoms with Gasteiger partial charge in [-0.1, -0.05) is 0 Å². The van der Waals surface area contributed by atoms with Crippen molar-refractivity contribution in [3.05, 3.63) is 22.3 Å². The molecule has 94 valence electrons. The molecule has 0 spiro atoms. The third-order valence-electron chi connectivity index (χ3n) is 2.20. The first kappa shape index (κ1) is 13.9. The number of likely N-dealkylation sites (N-methyl/N-ethyl adjacent to an activating group) is 1. The van der Waals surface area contributed by atoms with E-state index in [9.17, 15) is 4.79 Å². The third kappa shape index (κ3) is 3.65. The van der Waals surface area contributed by atoms with Gasteiger partial charge >= 0.3 is 0 Å². The van der Waals surface area contributed by atoms with E-state index in [1.54, 1.807) is 31.3 Å². The van der Waals surface area contributed by atoms with Crippen LogP contribution in [0, 0.1) is 0 Å². The van der Waals surface area contributed by atoms with Gasteiger partial charge in [-0.2, -0.15) is 0 Å². The highest BCUT2D eigenvalue weighted by Gasteiger charge is 2.16. The van der Waals surface area contributed by atoms with Gasteiger partial charge in [0.1, 0.15) is 0 Å². The summed E-state index contributed by atoms with van der Waals surface area (Å²) >= 11 is 3.27. The molecule has 0 saturated heterocycles. The molecular weight excluding hydrogens is 288 g/mol. The lowest BCUT2D eigenvalue weighted by molar-refractivity contribution is 0.0744. The highest BCUT2D eigenvalue weighted by Crippen LogP contribution is 2.18. The van der Waals surface area contributed by atoms with Crippen LogP contribution >= 0.6 is 15.9 Å². The number of pyridine rings is 1. The Morgan fingerprint density at radius 2 is 2.41 bits per heavy atom. The molecule has 0 radical (unpaired) electrons. The van der Waals surface area contributed by atoms with Gasteiger partial charge in [0.15, 0.2) is 5.82 Å². The van der Waals surface area contributed by atoms with Gasteiger partial charge in [0.2, 0.25) is 0 Å². The SMILES string of the molecule is COCCN(C)C(=O)c1cc(Br)cnc1NN. The van der Waals surface area contributed by atoms with E-state index in [0.29, 0.717) is 24.5 Å². The maximum absolute atomic E-state index is 12.1. The molecule has 0 aromatic carbocycles. The average Bonchev–Trinajstić information content (AvgIpc) is 2.34. The molecule has 0 aliphatic carbocycles. The van der Waals surface area contributed by atoms with E-state index in [4.69, 9.17) is 10.6 Å². The summed E-state index contributed by atoms with van der Waals surface area (Å²) in [4.78, 5) is 17.7. The molecule has 7 heteroatoms. The van der Waals surface area contributed by atoms with Gasteiger partial charge in [-0.05, 0) is 22.0 Å². The number of carbonyl (C=O) groups excluding carboxylic acids is 1. The normalized spacial score (nSPS) is 10.1. The van der Waals surface area contributed by atoms with E-state index in [1.165, 1.54) is 0 Å². The van der Waals surface area contributed by atoms with Gasteiger partial charge in [-0.3, -0.25) is 4.79 Å². The molecule has 0 aliphatic rings. The number of hydrogen-bond acceptors (Lipinski definition) is 5. The molecule has 1 aromatic rings. The molecule has 0 fully saturated rings. The van der Waals surface area contributed by atoms with E-state index in [1.807, 2.05) is 0 Å². The number of hydrazine groups is 1. The second kappa shape index (κ2) is 6.53. The van der Waals surface area contributed by atoms with Crippen LogP contribution in [0.2, 0.25) is 0 Å². The Bertz CT molecular complexity index is 400. The highest BCUT2D eigenvalue weighted by atomic mass is 79.9. The van der Waals surface area contributed by atoms with Crippen molar-refractivity contribution in [2.24, 2.45) is 5.84 Å². The lowest BCUT2D eigenvalue weighted by Crippen LogP contribution is -2.31. The molecule has 3 N–H and O–H groups in total. The monoisotopic (exact) mass is 302 g/mol. The number of ether oxygens (including phenoxy) is 1. The predicted molar refractivity (Wildman–Crippen MR) is 68.6 cm³/mol. The van der Waals surface area contributed by atoms with E-state index in [-0.39, 0.29) is 5.91 Å². The minimum atomic E-state index is -0.163. The van der Waals surface area contributed by atoms with Gasteiger partial charge in [-0.25, -0.2) is 10.8 Å². The average molecular weight is 303 g/mol. The van der Waals surface area contributed by atoms with Gasteiger partial charge in [0.05, 0.1) is 12.2 Å². The largest absolute Gasteiger partial charge is 0.383 e. The van der Waals surface area contributed by atoms with Crippen LogP contribution in [-0.4, -0.2) is 43.1 Å². The van der Waals surface area contributed by atoms with Crippen molar-refractivity contribution in [3.8, 4) is 0 Å². The number of methoxy groups -OCH3 is 1. The van der Waals surface area contributed by atoms with Gasteiger partial charge in [0, 0.05) is 31.4 Å². The van der Waals surface area contributed by atoms with E-state index < -0.39 is 0 Å². The Labute approximate surface area is 108 Å². The zero-order valence-corrected chi connectivity index (χ0v) is 11.3. The quantitative estimate of drug-likeness (QED) is 0.622. The molecule has 17 heavy (non-hydrogen) atoms. The molecule has 6 nitrogen and oxygen atoms in total. The number of hydrogen-bond donors (Lipinski definition) is 2. The first-order valence-corrected chi connectivity index (χ1v) is 5.76. The Hall–Kier alpha value is -1.18. The number of nitrogens with zero attached hydrogens (tertiary/aromatic N) is 2. The Morgan fingerprint density at radius 3 is 3.00 bits per heavy atom. The maximum Gasteiger partial charge on any atom is 0.257 e. The summed E-state index contributed by atoms with van der Waals surface area (Å²) < 4.78 is 5.64. The molecule has 0 unspecified atom stereocenters. The second-order valence-corrected chi connectivity index (χ2v) is 4.33. The number of nitrogens with one attached hydrogen (secondary N) is 1. The van der Waals surface area contributed by atoms with Crippen LogP contribution in [0.3, 0.4) is 0 Å². The van der Waals surface area contributed by atoms with Crippen LogP contribution in [0.1, 0.15) is 10.4 Å². The summed E-state index contributed by atoms with van der Waals surface area (Å²) in [6.45, 7) is 0.987. The number of anilines is 1. The van der Waals surface area contributed by atoms with Crippen LogP contribution < -0.4 is 11.3 Å². The Balaban J connectivity index is 2.90. The summed E-state index contributed by atoms with van der Waals surface area (Å²) in [6.07, 6.45) is 1.57. The van der Waals surface area contributed by atoms with Crippen molar-refractivity contribution < 1.29 is 9.53 Å². The van der Waals surface area contributed by atoms with Crippen LogP contribution in [0.25, 0.3) is 0 Å². The summed E-state index contributed by atoms with van der Waals surface area (Å²) in [7, 11) is 3.29. The van der Waals surface area contributed by atoms with Crippen molar-refractivity contribution in [2.45, 2.75) is 0 Å². The standard InChI is InChI=1S/C10H15BrN4O2/c1-15(3-4-17-2)10(16)8-5-7(11)6-13-9(8)14-12/h5-6H,3-4,12H2,1-2H3,(H,13,14). The van der Waals surface area contributed by atoms with E-state index in [0.717, 1.165) is 4.47 Å². The van der Waals surface area contributed by atoms with Crippen molar-refractivity contribution >= 4 is 27.7 Å². The van der Waals surface area contributed by atoms with E-state index >= 15 is 0 Å². The maximum atomic E-state index is 12.1. The van der Waals surface area contributed by atoms with Gasteiger partial charge in [0.25, 0.3) is 5.91 Å². The Morgan fingerprint density at radius 1 is 1.71 bits per heavy atom. The van der Waals surface area contributed by atoms with Crippen molar-refractivity contribution in [3.63, 3.8) is 0 Å². The lowest BCUT2D eigenvalue weighted by Gasteiger charge is -2.18. The topological polar surface area (TPSA) is 80.5 Å². The molecule has 1 amide bonds. The first-order valence-electron chi connectivity index (χ1n) is 4.96. The number of nitrogen functional groups attached to an aromatic ring is 1. The number of amides is 1. The molecular formula is C10H15BrN4O2. The molecule has 0 aliphatic heterocycles. The fourth-order valence-corrected chi connectivity index (χ4v) is 1.58. The van der Waals surface area contributed by atoms with Crippen molar-refractivity contribution in [1.29, 1.82) is 0 Å². The summed E-state index contributed by atoms with van der Waals surface area (Å²) in [5.74, 6) is 5.50. The predicted octanol–water partition coefficient (Wildman–Crippen LogP) is 0.848. The van der Waals surface area contributed by atoms with Crippen LogP contribution in [0.5, 0.6) is 0 Å². The van der Waals surface area contributed by atoms with Gasteiger partial charge in [-0.15, -0.1) is 0 Å². The van der Waals surface area contributed by atoms with Crippen LogP contribution in [0.15, 0.2) is 16.7 Å². The zero-order valence-electron chi connectivity index (χ0n) is 9.74. The summed E-state index contributed by atoms with van der Waals surface area (Å²) in [5.41, 5.74) is 2.82. The Kier molecular flexibility index (Phi) is 5.33. The fraction of sp³-hybridized carbons (Fsp3) is 0.400. The fourth-order valence-electron chi connectivity index (χ4n) is 1.25. The third-order valence-corrected chi connectivity index (χ3v) is 2.63. The van der Waals surface area contributed by atoms with Crippen LogP contribution in [0.4, 0.5) is 5.82 Å². The molecule has 1 rings (SSSR count). The molecule has 0 bridgehead atoms. The number of rotatable bonds is 5. The lowest BCUT2D eigenvalue weighted by atomic mass is 10.2. The molecule has 1 heterocycles. The first-order chi connectivity index (χ1) is 8.10. The minimum absolute atomic E-state index is 0.163. The van der Waals surface area contributed by atoms with Crippen LogP contribution in [-0.2, 0) is 4.74 Å². The molecule has 1 aromatic heterocycles. The molecule has 0 atom stereocenters. The molecule has 0 saturated carbocycles. The number of carbonyl (C=O) groups is 1. The minimum Gasteiger partial charge on any atom is -0.383 e. The zero-order chi connectivity index (χ0) is 12.8.